The number of phenols is 2. The highest BCUT2D eigenvalue weighted by Crippen LogP contribution is 2.45. The number of amides is 3. The first-order valence-corrected chi connectivity index (χ1v) is 16.5. The van der Waals surface area contributed by atoms with E-state index in [1.807, 2.05) is 0 Å². The van der Waals surface area contributed by atoms with Crippen LogP contribution in [0.2, 0.25) is 0 Å². The molecule has 20 heteroatoms. The number of aliphatic imine (C=N–C) groups is 1. The van der Waals surface area contributed by atoms with Gasteiger partial charge in [0.1, 0.15) is 29.6 Å². The summed E-state index contributed by atoms with van der Waals surface area (Å²) in [4.78, 5) is 73.0. The highest BCUT2D eigenvalue weighted by atomic mass is 32.2. The summed E-state index contributed by atoms with van der Waals surface area (Å²) in [6.07, 6.45) is 3.53. The number of thioether (sulfide) groups is 2. The van der Waals surface area contributed by atoms with E-state index in [-0.39, 0.29) is 52.4 Å². The molecular weight excluding hydrogens is 675 g/mol. The van der Waals surface area contributed by atoms with E-state index in [4.69, 9.17) is 5.73 Å². The van der Waals surface area contributed by atoms with E-state index in [9.17, 15) is 39.3 Å². The number of fused-ring (bicyclic) bond motifs is 2. The first kappa shape index (κ1) is 31.9. The fourth-order valence-electron chi connectivity index (χ4n) is 5.09. The Morgan fingerprint density at radius 3 is 2.74 bits per heavy atom. The van der Waals surface area contributed by atoms with Crippen molar-refractivity contribution in [2.75, 3.05) is 28.8 Å². The average molecular weight is 700 g/mol. The number of aromatic hydroxyl groups is 2. The summed E-state index contributed by atoms with van der Waals surface area (Å²) < 4.78 is 0. The van der Waals surface area contributed by atoms with E-state index in [1.54, 1.807) is 29.2 Å². The Bertz CT molecular complexity index is 1840. The molecule has 4 aliphatic heterocycles. The van der Waals surface area contributed by atoms with Gasteiger partial charge in [-0.3, -0.25) is 34.0 Å². The highest BCUT2D eigenvalue weighted by molar-refractivity contribution is 8.03. The zero-order chi connectivity index (χ0) is 33.6. The molecule has 0 bridgehead atoms. The molecular formula is C27H25N9O8S3. The molecule has 47 heavy (non-hydrogen) atoms. The van der Waals surface area contributed by atoms with E-state index >= 15 is 0 Å². The molecule has 7 N–H and O–H groups in total. The lowest BCUT2D eigenvalue weighted by Gasteiger charge is -2.52. The number of nitrogens with one attached hydrogen (secondary N) is 2. The van der Waals surface area contributed by atoms with Gasteiger partial charge in [-0.25, -0.2) is 19.8 Å². The van der Waals surface area contributed by atoms with Gasteiger partial charge in [0.25, 0.3) is 17.7 Å². The predicted octanol–water partition coefficient (Wildman–Crippen LogP) is 0.563. The molecule has 2 aromatic rings. The third-order valence-electron chi connectivity index (χ3n) is 7.21. The lowest BCUT2D eigenvalue weighted by molar-refractivity contribution is -0.149. The summed E-state index contributed by atoms with van der Waals surface area (Å²) >= 11 is 3.61. The number of benzene rings is 1. The maximum Gasteiger partial charge on any atom is 0.352 e. The molecule has 5 heterocycles. The molecule has 17 nitrogen and oxygen atoms in total. The molecule has 6 rings (SSSR count). The van der Waals surface area contributed by atoms with Crippen molar-refractivity contribution in [1.82, 2.24) is 30.8 Å². The largest absolute Gasteiger partial charge is 0.504 e. The van der Waals surface area contributed by atoms with Crippen LogP contribution in [0.1, 0.15) is 17.3 Å². The second-order valence-corrected chi connectivity index (χ2v) is 13.3. The zero-order valence-corrected chi connectivity index (χ0v) is 26.6. The highest BCUT2D eigenvalue weighted by Gasteiger charge is 2.57. The van der Waals surface area contributed by atoms with Crippen molar-refractivity contribution in [2.45, 2.75) is 18.3 Å². The van der Waals surface area contributed by atoms with E-state index < -0.39 is 40.9 Å². The second-order valence-electron chi connectivity index (χ2n) is 10.3. The number of hydrazine groups is 2. The van der Waals surface area contributed by atoms with Crippen molar-refractivity contribution >= 4 is 81.5 Å². The van der Waals surface area contributed by atoms with Crippen LogP contribution >= 0.6 is 34.9 Å². The van der Waals surface area contributed by atoms with Crippen molar-refractivity contribution < 1.29 is 39.3 Å². The number of nitrogens with two attached hydrogens (primary N) is 1. The number of aliphatic carboxylic acids is 1. The van der Waals surface area contributed by atoms with Crippen LogP contribution in [0, 0.1) is 0 Å². The third kappa shape index (κ3) is 5.98. The Balaban J connectivity index is 1.13. The number of rotatable bonds is 10. The molecule has 244 valence electrons. The minimum atomic E-state index is -1.30. The van der Waals surface area contributed by atoms with Gasteiger partial charge in [0.05, 0.1) is 11.2 Å². The fraction of sp³-hybridized carbons (Fsp3) is 0.222. The number of phenolic OH excluding ortho intramolecular Hbond substituents is 2. The molecule has 3 amide bonds. The van der Waals surface area contributed by atoms with Gasteiger partial charge in [0, 0.05) is 28.2 Å². The number of aromatic nitrogens is 1. The smallest absolute Gasteiger partial charge is 0.352 e. The van der Waals surface area contributed by atoms with Gasteiger partial charge in [-0.05, 0) is 36.8 Å². The number of hydrogen-bond donors (Lipinski definition) is 6. The Morgan fingerprint density at radius 2 is 2.06 bits per heavy atom. The van der Waals surface area contributed by atoms with Gasteiger partial charge >= 0.3 is 5.97 Å². The maximum absolute atomic E-state index is 13.4. The van der Waals surface area contributed by atoms with Crippen LogP contribution in [0.4, 0.5) is 10.9 Å². The normalized spacial score (nSPS) is 20.1. The average Bonchev–Trinajstić information content (AvgIpc) is 3.67. The maximum atomic E-state index is 13.4. The molecule has 0 saturated carbocycles. The Kier molecular flexibility index (Phi) is 8.57. The molecule has 0 spiro atoms. The van der Waals surface area contributed by atoms with Crippen molar-refractivity contribution in [3.05, 3.63) is 63.5 Å². The first-order chi connectivity index (χ1) is 22.5. The Hall–Kier alpha value is -5.05. The van der Waals surface area contributed by atoms with E-state index in [0.29, 0.717) is 22.1 Å². The summed E-state index contributed by atoms with van der Waals surface area (Å²) in [5, 5.41) is 36.8. The van der Waals surface area contributed by atoms with Gasteiger partial charge in [0.15, 0.2) is 22.5 Å². The number of carboxylic acids is 1. The minimum absolute atomic E-state index is 0.00862. The van der Waals surface area contributed by atoms with Gasteiger partial charge in [-0.15, -0.1) is 40.4 Å². The number of β-lactam (4-membered cyclic amide) rings is 1. The molecule has 1 aromatic carbocycles. The summed E-state index contributed by atoms with van der Waals surface area (Å²) in [6.45, 7) is 1.80. The summed E-state index contributed by atoms with van der Waals surface area (Å²) in [5.74, 6) is -3.22. The SMILES string of the molecule is CC1=NC2=CN(CNC(=O)c3ccc(O)c(O)c3)NN2C(SCC2=C(C(=O)O)N3C(=O)[C@@H](N(C(=O)C=O)c4csc(N)n4)[C@H]3SC2)=C1. The molecule has 2 atom stereocenters. The van der Waals surface area contributed by atoms with Crippen LogP contribution in [0.15, 0.2) is 63.0 Å². The fourth-order valence-corrected chi connectivity index (χ4v) is 8.23. The number of anilines is 2. The van der Waals surface area contributed by atoms with E-state index in [0.717, 1.165) is 27.2 Å². The molecule has 0 aliphatic carbocycles. The quantitative estimate of drug-likeness (QED) is 0.0861. The van der Waals surface area contributed by atoms with Gasteiger partial charge in [0.2, 0.25) is 6.29 Å². The summed E-state index contributed by atoms with van der Waals surface area (Å²) in [7, 11) is 0. The number of carbonyl (C=O) groups excluding carboxylic acids is 4. The van der Waals surface area contributed by atoms with Crippen molar-refractivity contribution in [2.24, 2.45) is 4.99 Å². The minimum Gasteiger partial charge on any atom is -0.504 e. The number of allylic oxidation sites excluding steroid dienone is 1. The standard InChI is InChI=1S/C27H25N9O8S3/c1-12-4-20(36-17(30-12)6-33(32-36)11-29-23(41)13-2-3-15(38)16(39)5-13)45-8-14-9-46-25-22(24(42)35(25)21(14)26(43)44)34(19(40)7-37)18-10-47-27(28)31-18/h2-7,10,22,25,32,38-39H,8-9,11H2,1H3,(H2,28,31)(H,29,41)(H,43,44)/t22-,25-/m1/s1. The topological polar surface area (TPSA) is 234 Å². The van der Waals surface area contributed by atoms with Crippen LogP contribution in [0.25, 0.3) is 0 Å². The van der Waals surface area contributed by atoms with Crippen LogP contribution in [0.5, 0.6) is 11.5 Å². The zero-order valence-electron chi connectivity index (χ0n) is 24.2. The Labute approximate surface area is 278 Å². The Morgan fingerprint density at radius 1 is 1.28 bits per heavy atom. The van der Waals surface area contributed by atoms with Crippen LogP contribution in [-0.4, -0.2) is 101 Å². The molecule has 1 aromatic heterocycles. The van der Waals surface area contributed by atoms with Crippen molar-refractivity contribution in [3.63, 3.8) is 0 Å². The third-order valence-corrected chi connectivity index (χ3v) is 10.3. The van der Waals surface area contributed by atoms with Crippen LogP contribution in [-0.2, 0) is 19.2 Å². The first-order valence-electron chi connectivity index (χ1n) is 13.6. The van der Waals surface area contributed by atoms with E-state index in [1.165, 1.54) is 41.0 Å². The number of aldehydes is 1. The number of carboxylic acid groups (broad SMARTS) is 1. The summed E-state index contributed by atoms with van der Waals surface area (Å²) in [6, 6.07) is 2.59. The number of nitrogen functional groups attached to an aromatic ring is 1. The molecule has 0 unspecified atom stereocenters. The van der Waals surface area contributed by atoms with Gasteiger partial charge < -0.3 is 26.4 Å². The number of hydrogen-bond acceptors (Lipinski definition) is 16. The number of thiazole rings is 1. The predicted molar refractivity (Wildman–Crippen MR) is 172 cm³/mol. The van der Waals surface area contributed by atoms with Gasteiger partial charge in [-0.2, -0.15) is 0 Å². The van der Waals surface area contributed by atoms with E-state index in [2.05, 4.69) is 20.8 Å². The molecule has 4 aliphatic rings. The molecule has 1 saturated heterocycles. The van der Waals surface area contributed by atoms with Crippen molar-refractivity contribution in [3.8, 4) is 11.5 Å². The second kappa shape index (κ2) is 12.6. The lowest BCUT2D eigenvalue weighted by Crippen LogP contribution is -2.72. The molecule has 0 radical (unpaired) electrons. The monoisotopic (exact) mass is 699 g/mol. The van der Waals surface area contributed by atoms with Gasteiger partial charge in [-0.1, -0.05) is 0 Å². The lowest BCUT2D eigenvalue weighted by atomic mass is 10.0. The number of nitrogens with zero attached hydrogens (tertiary/aromatic N) is 6. The van der Waals surface area contributed by atoms with Crippen LogP contribution in [0.3, 0.4) is 0 Å². The van der Waals surface area contributed by atoms with Crippen molar-refractivity contribution in [1.29, 1.82) is 0 Å². The molecule has 1 fully saturated rings. The number of carbonyl (C=O) groups is 5. The van der Waals surface area contributed by atoms with Crippen LogP contribution < -0.4 is 21.5 Å². The summed E-state index contributed by atoms with van der Waals surface area (Å²) in [5.41, 5.74) is 9.91.